The highest BCUT2D eigenvalue weighted by atomic mass is 32.2. The molecule has 0 aliphatic carbocycles. The average molecular weight is 231 g/mol. The molecule has 2 aliphatic rings. The van der Waals surface area contributed by atoms with Crippen molar-refractivity contribution in [3.05, 3.63) is 0 Å². The van der Waals surface area contributed by atoms with Crippen LogP contribution < -0.4 is 5.32 Å². The first-order chi connectivity index (χ1) is 7.05. The molecule has 0 aromatic rings. The third kappa shape index (κ3) is 3.34. The lowest BCUT2D eigenvalue weighted by Crippen LogP contribution is -2.37. The smallest absolute Gasteiger partial charge is 0.163 e. The minimum absolute atomic E-state index is 0.223. The molecule has 3 nitrogen and oxygen atoms in total. The molecule has 2 rings (SSSR count). The van der Waals surface area contributed by atoms with Gasteiger partial charge in [0.1, 0.15) is 0 Å². The molecular formula is C11H21NO2S. The third-order valence-corrected chi connectivity index (χ3v) is 4.26. The Kier molecular flexibility index (Phi) is 3.60. The Morgan fingerprint density at radius 3 is 2.80 bits per heavy atom. The highest BCUT2D eigenvalue weighted by molar-refractivity contribution is 8.00. The van der Waals surface area contributed by atoms with Crippen molar-refractivity contribution in [2.24, 2.45) is 0 Å². The summed E-state index contributed by atoms with van der Waals surface area (Å²) in [6.07, 6.45) is 1.50. The molecule has 88 valence electrons. The Labute approximate surface area is 96.3 Å². The van der Waals surface area contributed by atoms with Gasteiger partial charge in [-0.15, -0.1) is 0 Å². The Hall–Kier alpha value is 0.230. The summed E-state index contributed by atoms with van der Waals surface area (Å²) in [5.74, 6) is 0.849. The van der Waals surface area contributed by atoms with Crippen LogP contribution in [0.25, 0.3) is 0 Å². The number of hydrogen-bond acceptors (Lipinski definition) is 4. The van der Waals surface area contributed by atoms with E-state index in [4.69, 9.17) is 9.47 Å². The lowest BCUT2D eigenvalue weighted by Gasteiger charge is -2.18. The topological polar surface area (TPSA) is 30.5 Å². The molecule has 0 saturated carbocycles. The molecule has 2 saturated heterocycles. The molecule has 2 aliphatic heterocycles. The van der Waals surface area contributed by atoms with Crippen LogP contribution in [0.5, 0.6) is 0 Å². The van der Waals surface area contributed by atoms with E-state index in [1.165, 1.54) is 12.2 Å². The van der Waals surface area contributed by atoms with Gasteiger partial charge in [0.15, 0.2) is 5.79 Å². The molecule has 0 aromatic carbocycles. The van der Waals surface area contributed by atoms with E-state index in [-0.39, 0.29) is 11.9 Å². The van der Waals surface area contributed by atoms with E-state index in [1.807, 2.05) is 13.8 Å². The lowest BCUT2D eigenvalue weighted by atomic mass is 10.2. The summed E-state index contributed by atoms with van der Waals surface area (Å²) < 4.78 is 11.3. The Balaban J connectivity index is 1.66. The van der Waals surface area contributed by atoms with Crippen molar-refractivity contribution >= 4 is 11.8 Å². The highest BCUT2D eigenvalue weighted by Gasteiger charge is 2.33. The first-order valence-electron chi connectivity index (χ1n) is 5.72. The standard InChI is InChI=1S/C11H21NO2S/c1-8-4-9(7-15-8)12-5-10-6-13-11(2,3)14-10/h8-10,12H,4-7H2,1-3H3. The van der Waals surface area contributed by atoms with Crippen LogP contribution in [-0.2, 0) is 9.47 Å². The summed E-state index contributed by atoms with van der Waals surface area (Å²) >= 11 is 2.05. The molecule has 0 amide bonds. The quantitative estimate of drug-likeness (QED) is 0.799. The van der Waals surface area contributed by atoms with Gasteiger partial charge in [-0.25, -0.2) is 0 Å². The third-order valence-electron chi connectivity index (χ3n) is 2.90. The molecule has 0 bridgehead atoms. The Bertz CT molecular complexity index is 223. The zero-order chi connectivity index (χ0) is 10.9. The van der Waals surface area contributed by atoms with Crippen molar-refractivity contribution in [2.75, 3.05) is 18.9 Å². The molecule has 0 spiro atoms. The molecule has 2 fully saturated rings. The molecule has 15 heavy (non-hydrogen) atoms. The van der Waals surface area contributed by atoms with E-state index in [0.29, 0.717) is 6.04 Å². The maximum absolute atomic E-state index is 5.74. The van der Waals surface area contributed by atoms with Crippen LogP contribution in [0.3, 0.4) is 0 Å². The van der Waals surface area contributed by atoms with Crippen LogP contribution in [0.4, 0.5) is 0 Å². The van der Waals surface area contributed by atoms with E-state index >= 15 is 0 Å². The van der Waals surface area contributed by atoms with Crippen molar-refractivity contribution in [3.63, 3.8) is 0 Å². The van der Waals surface area contributed by atoms with Crippen molar-refractivity contribution in [2.45, 2.75) is 50.4 Å². The molecular weight excluding hydrogens is 210 g/mol. The van der Waals surface area contributed by atoms with Crippen molar-refractivity contribution in [1.82, 2.24) is 5.32 Å². The summed E-state index contributed by atoms with van der Waals surface area (Å²) in [6.45, 7) is 7.88. The zero-order valence-electron chi connectivity index (χ0n) is 9.79. The maximum Gasteiger partial charge on any atom is 0.163 e. The fraction of sp³-hybridized carbons (Fsp3) is 1.00. The van der Waals surface area contributed by atoms with Gasteiger partial charge < -0.3 is 14.8 Å². The van der Waals surface area contributed by atoms with Gasteiger partial charge in [-0.1, -0.05) is 6.92 Å². The van der Waals surface area contributed by atoms with Gasteiger partial charge in [0.2, 0.25) is 0 Å². The van der Waals surface area contributed by atoms with E-state index in [9.17, 15) is 0 Å². The molecule has 3 atom stereocenters. The summed E-state index contributed by atoms with van der Waals surface area (Å²) in [4.78, 5) is 0. The van der Waals surface area contributed by atoms with Crippen molar-refractivity contribution < 1.29 is 9.47 Å². The predicted octanol–water partition coefficient (Wildman–Crippen LogP) is 1.62. The van der Waals surface area contributed by atoms with Gasteiger partial charge in [-0.2, -0.15) is 11.8 Å². The van der Waals surface area contributed by atoms with Gasteiger partial charge in [-0.3, -0.25) is 0 Å². The van der Waals surface area contributed by atoms with Gasteiger partial charge in [0.25, 0.3) is 0 Å². The second kappa shape index (κ2) is 4.62. The first-order valence-corrected chi connectivity index (χ1v) is 6.77. The number of ether oxygens (including phenoxy) is 2. The van der Waals surface area contributed by atoms with E-state index in [2.05, 4.69) is 24.0 Å². The summed E-state index contributed by atoms with van der Waals surface area (Å²) in [5.41, 5.74) is 0. The molecule has 0 radical (unpaired) electrons. The predicted molar refractivity (Wildman–Crippen MR) is 63.2 cm³/mol. The maximum atomic E-state index is 5.74. The Morgan fingerprint density at radius 2 is 2.27 bits per heavy atom. The van der Waals surface area contributed by atoms with Gasteiger partial charge in [0, 0.05) is 23.6 Å². The van der Waals surface area contributed by atoms with Crippen LogP contribution in [0.1, 0.15) is 27.2 Å². The second-order valence-corrected chi connectivity index (χ2v) is 6.41. The van der Waals surface area contributed by atoms with Crippen molar-refractivity contribution in [3.8, 4) is 0 Å². The van der Waals surface area contributed by atoms with Crippen LogP contribution in [0, 0.1) is 0 Å². The summed E-state index contributed by atoms with van der Waals surface area (Å²) in [6, 6.07) is 0.664. The van der Waals surface area contributed by atoms with Gasteiger partial charge in [-0.05, 0) is 20.3 Å². The molecule has 2 heterocycles. The van der Waals surface area contributed by atoms with Gasteiger partial charge in [0.05, 0.1) is 12.7 Å². The summed E-state index contributed by atoms with van der Waals surface area (Å²) in [7, 11) is 0. The van der Waals surface area contributed by atoms with Crippen LogP contribution in [0.15, 0.2) is 0 Å². The number of rotatable bonds is 3. The lowest BCUT2D eigenvalue weighted by molar-refractivity contribution is -0.137. The molecule has 1 N–H and O–H groups in total. The highest BCUT2D eigenvalue weighted by Crippen LogP contribution is 2.26. The Morgan fingerprint density at radius 1 is 1.47 bits per heavy atom. The van der Waals surface area contributed by atoms with Crippen LogP contribution in [-0.4, -0.2) is 42.1 Å². The zero-order valence-corrected chi connectivity index (χ0v) is 10.6. The SMILES string of the molecule is CC1CC(NCC2COC(C)(C)O2)CS1. The molecule has 4 heteroatoms. The van der Waals surface area contributed by atoms with Crippen LogP contribution >= 0.6 is 11.8 Å². The monoisotopic (exact) mass is 231 g/mol. The second-order valence-electron chi connectivity index (χ2n) is 4.94. The first kappa shape index (κ1) is 11.7. The normalized spacial score (nSPS) is 39.8. The fourth-order valence-electron chi connectivity index (χ4n) is 2.12. The molecule has 3 unspecified atom stereocenters. The molecule has 0 aromatic heterocycles. The number of hydrogen-bond donors (Lipinski definition) is 1. The fourth-order valence-corrected chi connectivity index (χ4v) is 3.30. The summed E-state index contributed by atoms with van der Waals surface area (Å²) in [5, 5.41) is 4.37. The average Bonchev–Trinajstić information content (AvgIpc) is 2.69. The largest absolute Gasteiger partial charge is 0.348 e. The number of thioether (sulfide) groups is 1. The van der Waals surface area contributed by atoms with Crippen molar-refractivity contribution in [1.29, 1.82) is 0 Å². The van der Waals surface area contributed by atoms with E-state index in [0.717, 1.165) is 18.4 Å². The van der Waals surface area contributed by atoms with E-state index in [1.54, 1.807) is 0 Å². The van der Waals surface area contributed by atoms with Gasteiger partial charge >= 0.3 is 0 Å². The minimum Gasteiger partial charge on any atom is -0.348 e. The number of nitrogens with one attached hydrogen (secondary N) is 1. The minimum atomic E-state index is -0.385. The van der Waals surface area contributed by atoms with E-state index < -0.39 is 0 Å². The van der Waals surface area contributed by atoms with Crippen LogP contribution in [0.2, 0.25) is 0 Å².